The van der Waals surface area contributed by atoms with Gasteiger partial charge in [-0.3, -0.25) is 14.7 Å². The number of methoxy groups -OCH3 is 1. The van der Waals surface area contributed by atoms with Crippen LogP contribution in [0.15, 0.2) is 79.1 Å². The molecule has 0 spiro atoms. The van der Waals surface area contributed by atoms with Crippen molar-refractivity contribution in [2.75, 3.05) is 7.11 Å². The van der Waals surface area contributed by atoms with Crippen molar-refractivity contribution in [3.05, 3.63) is 90.3 Å². The first-order chi connectivity index (χ1) is 21.6. The molecule has 1 heterocycles. The number of carbonyl (C=O) groups excluding carboxylic acids is 2. The van der Waals surface area contributed by atoms with E-state index in [2.05, 4.69) is 15.6 Å². The number of pyridine rings is 1. The van der Waals surface area contributed by atoms with Crippen LogP contribution in [0.1, 0.15) is 59.1 Å². The third-order valence-electron chi connectivity index (χ3n) is 7.87. The molecular formula is C36H48N4O6. The number of aromatic nitrogens is 1. The third-order valence-corrected chi connectivity index (χ3v) is 7.87. The lowest BCUT2D eigenvalue weighted by molar-refractivity contribution is -0.126. The number of alkyl carbamates (subject to hydrolysis) is 1. The van der Waals surface area contributed by atoms with Crippen molar-refractivity contribution in [1.29, 1.82) is 0 Å². The minimum atomic E-state index is -1.14. The number of hydrogen-bond donors (Lipinski definition) is 4. The van der Waals surface area contributed by atoms with Gasteiger partial charge >= 0.3 is 12.2 Å². The quantitative estimate of drug-likeness (QED) is 0.201. The van der Waals surface area contributed by atoms with E-state index in [-0.39, 0.29) is 12.8 Å². The molecule has 248 valence electrons. The molecule has 0 aliphatic carbocycles. The Morgan fingerprint density at radius 3 is 2.00 bits per heavy atom. The van der Waals surface area contributed by atoms with Gasteiger partial charge in [0, 0.05) is 24.0 Å². The summed E-state index contributed by atoms with van der Waals surface area (Å²) >= 11 is 0. The Morgan fingerprint density at radius 2 is 1.48 bits per heavy atom. The number of aliphatic hydroxyl groups excluding tert-OH is 1. The van der Waals surface area contributed by atoms with Crippen molar-refractivity contribution in [2.24, 2.45) is 5.41 Å². The highest BCUT2D eigenvalue weighted by molar-refractivity contribution is 5.86. The summed E-state index contributed by atoms with van der Waals surface area (Å²) in [6.07, 6.45) is 1.17. The lowest BCUT2D eigenvalue weighted by Crippen LogP contribution is -2.59. The molecule has 0 saturated carbocycles. The Morgan fingerprint density at radius 1 is 0.848 bits per heavy atom. The number of ether oxygens (including phenoxy) is 1. The molecule has 2 aromatic carbocycles. The van der Waals surface area contributed by atoms with E-state index in [4.69, 9.17) is 4.74 Å². The van der Waals surface area contributed by atoms with Gasteiger partial charge in [0.05, 0.1) is 19.3 Å². The number of nitrogens with one attached hydrogen (secondary N) is 2. The second-order valence-electron chi connectivity index (χ2n) is 13.7. The molecule has 3 amide bonds. The first-order valence-corrected chi connectivity index (χ1v) is 15.5. The number of hydrogen-bond acceptors (Lipinski definition) is 6. The predicted molar refractivity (Wildman–Crippen MR) is 178 cm³/mol. The van der Waals surface area contributed by atoms with E-state index in [9.17, 15) is 24.6 Å². The van der Waals surface area contributed by atoms with Crippen LogP contribution in [0.2, 0.25) is 0 Å². The van der Waals surface area contributed by atoms with Gasteiger partial charge in [-0.1, -0.05) is 81.4 Å². The number of aliphatic hydroxyl groups is 1. The van der Waals surface area contributed by atoms with Crippen LogP contribution >= 0.6 is 0 Å². The molecule has 46 heavy (non-hydrogen) atoms. The summed E-state index contributed by atoms with van der Waals surface area (Å²) in [5.41, 5.74) is 2.27. The van der Waals surface area contributed by atoms with Crippen molar-refractivity contribution < 1.29 is 29.3 Å². The van der Waals surface area contributed by atoms with Gasteiger partial charge in [0.1, 0.15) is 6.04 Å². The van der Waals surface area contributed by atoms with Gasteiger partial charge in [-0.15, -0.1) is 0 Å². The lowest BCUT2D eigenvalue weighted by Gasteiger charge is -2.42. The molecule has 0 saturated heterocycles. The SMILES string of the molecule is COC(=O)N[C@H](C(=O)N[C@@H](Cc1ccc(-c2cccnc2)cc1)C[C@H](O)[C@H](Cc1ccccc1)N(C(=O)O)C(C)(C)C)C(C)(C)C. The molecule has 3 rings (SSSR count). The number of carboxylic acid groups (broad SMARTS) is 1. The fourth-order valence-corrected chi connectivity index (χ4v) is 5.61. The second kappa shape index (κ2) is 15.7. The molecule has 3 aromatic rings. The monoisotopic (exact) mass is 632 g/mol. The Bertz CT molecular complexity index is 1420. The molecule has 4 atom stereocenters. The molecule has 1 aromatic heterocycles. The number of nitrogens with zero attached hydrogens (tertiary/aromatic N) is 2. The molecule has 0 bridgehead atoms. The Kier molecular flexibility index (Phi) is 12.3. The van der Waals surface area contributed by atoms with Gasteiger partial charge in [-0.2, -0.15) is 0 Å². The van der Waals surface area contributed by atoms with Crippen molar-refractivity contribution in [2.45, 2.75) is 90.6 Å². The van der Waals surface area contributed by atoms with Crippen LogP contribution < -0.4 is 10.6 Å². The zero-order valence-electron chi connectivity index (χ0n) is 27.9. The van der Waals surface area contributed by atoms with Crippen LogP contribution in [0.5, 0.6) is 0 Å². The standard InChI is InChI=1S/C36H48N4O6/c1-35(2,3)31(39-33(43)46-7)32(42)38-28(20-25-15-17-26(18-16-25)27-14-11-19-37-23-27)22-30(41)29(21-24-12-9-8-10-13-24)40(34(44)45)36(4,5)6/h8-19,23,28-31,41H,20-22H2,1-7H3,(H,38,42)(H,39,43)(H,44,45)/t28-,29-,30-,31+/m0/s1. The molecule has 0 fully saturated rings. The minimum absolute atomic E-state index is 0.0581. The van der Waals surface area contributed by atoms with Gasteiger partial charge in [0.15, 0.2) is 0 Å². The molecule has 0 radical (unpaired) electrons. The van der Waals surface area contributed by atoms with E-state index in [1.54, 1.807) is 33.2 Å². The maximum absolute atomic E-state index is 13.8. The second-order valence-corrected chi connectivity index (χ2v) is 13.7. The van der Waals surface area contributed by atoms with E-state index in [1.807, 2.05) is 87.5 Å². The fraction of sp³-hybridized carbons (Fsp3) is 0.444. The Hall–Kier alpha value is -4.44. The number of rotatable bonds is 12. The first kappa shape index (κ1) is 36.0. The first-order valence-electron chi connectivity index (χ1n) is 15.5. The summed E-state index contributed by atoms with van der Waals surface area (Å²) in [7, 11) is 1.23. The van der Waals surface area contributed by atoms with Gasteiger partial charge in [0.2, 0.25) is 5.91 Å². The topological polar surface area (TPSA) is 141 Å². The molecular weight excluding hydrogens is 584 g/mol. The Labute approximate surface area is 272 Å². The highest BCUT2D eigenvalue weighted by atomic mass is 16.5. The molecule has 0 aliphatic heterocycles. The summed E-state index contributed by atoms with van der Waals surface area (Å²) in [4.78, 5) is 44.0. The third kappa shape index (κ3) is 10.3. The van der Waals surface area contributed by atoms with Crippen LogP contribution in [0.3, 0.4) is 0 Å². The van der Waals surface area contributed by atoms with Gasteiger partial charge in [0.25, 0.3) is 0 Å². The summed E-state index contributed by atoms with van der Waals surface area (Å²) in [5, 5.41) is 27.8. The van der Waals surface area contributed by atoms with E-state index < -0.39 is 53.3 Å². The number of benzene rings is 2. The van der Waals surface area contributed by atoms with Crippen LogP contribution in [0.4, 0.5) is 9.59 Å². The average molecular weight is 633 g/mol. The van der Waals surface area contributed by atoms with Crippen molar-refractivity contribution in [1.82, 2.24) is 20.5 Å². The summed E-state index contributed by atoms with van der Waals surface area (Å²) in [6, 6.07) is 18.8. The van der Waals surface area contributed by atoms with Gasteiger partial charge < -0.3 is 25.6 Å². The van der Waals surface area contributed by atoms with Crippen molar-refractivity contribution >= 4 is 18.1 Å². The highest BCUT2D eigenvalue weighted by Crippen LogP contribution is 2.26. The van der Waals surface area contributed by atoms with E-state index >= 15 is 0 Å². The molecule has 10 heteroatoms. The minimum Gasteiger partial charge on any atom is -0.465 e. The summed E-state index contributed by atoms with van der Waals surface area (Å²) in [6.45, 7) is 10.9. The van der Waals surface area contributed by atoms with Crippen molar-refractivity contribution in [3.8, 4) is 11.1 Å². The maximum atomic E-state index is 13.8. The molecule has 10 nitrogen and oxygen atoms in total. The maximum Gasteiger partial charge on any atom is 0.408 e. The van der Waals surface area contributed by atoms with Crippen molar-refractivity contribution in [3.63, 3.8) is 0 Å². The van der Waals surface area contributed by atoms with E-state index in [0.717, 1.165) is 22.3 Å². The summed E-state index contributed by atoms with van der Waals surface area (Å²) in [5.74, 6) is -0.437. The molecule has 0 unspecified atom stereocenters. The van der Waals surface area contributed by atoms with Gasteiger partial charge in [-0.05, 0) is 73.8 Å². The number of carbonyl (C=O) groups is 3. The summed E-state index contributed by atoms with van der Waals surface area (Å²) < 4.78 is 4.77. The lowest BCUT2D eigenvalue weighted by atomic mass is 9.85. The number of amides is 3. The average Bonchev–Trinajstić information content (AvgIpc) is 2.99. The zero-order chi connectivity index (χ0) is 34.1. The highest BCUT2D eigenvalue weighted by Gasteiger charge is 2.39. The normalized spacial score (nSPS) is 14.3. The van der Waals surface area contributed by atoms with Crippen LogP contribution in [-0.2, 0) is 22.4 Å². The van der Waals surface area contributed by atoms with Crippen LogP contribution in [0.25, 0.3) is 11.1 Å². The molecule has 4 N–H and O–H groups in total. The largest absolute Gasteiger partial charge is 0.465 e. The molecule has 0 aliphatic rings. The predicted octanol–water partition coefficient (Wildman–Crippen LogP) is 5.69. The fourth-order valence-electron chi connectivity index (χ4n) is 5.61. The van der Waals surface area contributed by atoms with Crippen LogP contribution in [0, 0.1) is 5.41 Å². The van der Waals surface area contributed by atoms with E-state index in [1.165, 1.54) is 12.0 Å². The smallest absolute Gasteiger partial charge is 0.408 e. The van der Waals surface area contributed by atoms with Gasteiger partial charge in [-0.25, -0.2) is 9.59 Å². The Balaban J connectivity index is 1.97. The van der Waals surface area contributed by atoms with Crippen LogP contribution in [-0.4, -0.2) is 75.1 Å². The zero-order valence-corrected chi connectivity index (χ0v) is 27.9. The van der Waals surface area contributed by atoms with E-state index in [0.29, 0.717) is 6.42 Å².